The monoisotopic (exact) mass is 379 g/mol. The normalized spacial score (nSPS) is 18.8. The second-order valence-corrected chi connectivity index (χ2v) is 7.43. The number of halogens is 1. The smallest absolute Gasteiger partial charge is 0.260 e. The Labute approximate surface area is 149 Å². The fraction of sp³-hybridized carbons (Fsp3) is 0.714. The van der Waals surface area contributed by atoms with Gasteiger partial charge in [-0.15, -0.1) is 12.4 Å². The second kappa shape index (κ2) is 9.36. The van der Waals surface area contributed by atoms with Crippen molar-refractivity contribution in [1.29, 1.82) is 0 Å². The first kappa shape index (κ1) is 20.9. The van der Waals surface area contributed by atoms with E-state index in [1.807, 2.05) is 6.92 Å². The van der Waals surface area contributed by atoms with Crippen molar-refractivity contribution in [3.05, 3.63) is 12.3 Å². The molecule has 1 aromatic heterocycles. The van der Waals surface area contributed by atoms with Crippen LogP contribution in [0.4, 0.5) is 0 Å². The van der Waals surface area contributed by atoms with Crippen molar-refractivity contribution in [2.45, 2.75) is 50.2 Å². The molecule has 10 heteroatoms. The third-order valence-electron chi connectivity index (χ3n) is 4.03. The Kier molecular flexibility index (Phi) is 8.14. The molecule has 1 aromatic rings. The number of piperidine rings is 1. The fourth-order valence-corrected chi connectivity index (χ4v) is 4.70. The molecule has 1 atom stereocenters. The number of nitrogens with zero attached hydrogens (tertiary/aromatic N) is 3. The lowest BCUT2D eigenvalue weighted by molar-refractivity contribution is -0.121. The highest BCUT2D eigenvalue weighted by molar-refractivity contribution is 7.89. The minimum Gasteiger partial charge on any atom is -0.354 e. The van der Waals surface area contributed by atoms with E-state index in [0.29, 0.717) is 19.6 Å². The van der Waals surface area contributed by atoms with Crippen LogP contribution in [0.1, 0.15) is 32.6 Å². The zero-order valence-electron chi connectivity index (χ0n) is 13.8. The van der Waals surface area contributed by atoms with E-state index < -0.39 is 10.0 Å². The number of amides is 1. The summed E-state index contributed by atoms with van der Waals surface area (Å²) in [6.45, 7) is 3.42. The molecule has 1 aliphatic heterocycles. The predicted octanol–water partition coefficient (Wildman–Crippen LogP) is 0.333. The molecule has 138 valence electrons. The van der Waals surface area contributed by atoms with Crippen LogP contribution in [0.15, 0.2) is 17.3 Å². The number of carbonyl (C=O) groups is 1. The summed E-state index contributed by atoms with van der Waals surface area (Å²) < 4.78 is 28.9. The van der Waals surface area contributed by atoms with Gasteiger partial charge in [-0.1, -0.05) is 6.42 Å². The molecule has 2 heterocycles. The minimum atomic E-state index is -3.61. The number of hydrogen-bond acceptors (Lipinski definition) is 5. The van der Waals surface area contributed by atoms with Crippen LogP contribution in [0.2, 0.25) is 0 Å². The van der Waals surface area contributed by atoms with Gasteiger partial charge in [0.25, 0.3) is 10.0 Å². The molecule has 3 N–H and O–H groups in total. The van der Waals surface area contributed by atoms with Gasteiger partial charge in [0.05, 0.1) is 6.20 Å². The zero-order chi connectivity index (χ0) is 16.9. The van der Waals surface area contributed by atoms with Gasteiger partial charge in [0, 0.05) is 38.6 Å². The van der Waals surface area contributed by atoms with Gasteiger partial charge >= 0.3 is 0 Å². The highest BCUT2D eigenvalue weighted by atomic mass is 35.5. The summed E-state index contributed by atoms with van der Waals surface area (Å²) in [6.07, 6.45) is 4.27. The van der Waals surface area contributed by atoms with Crippen LogP contribution in [-0.4, -0.2) is 54.1 Å². The van der Waals surface area contributed by atoms with Gasteiger partial charge < -0.3 is 11.1 Å². The lowest BCUT2D eigenvalue weighted by atomic mass is 10.1. The number of rotatable bonds is 7. The van der Waals surface area contributed by atoms with Gasteiger partial charge in [0.15, 0.2) is 5.03 Å². The molecule has 1 saturated heterocycles. The molecule has 0 spiro atoms. The van der Waals surface area contributed by atoms with Crippen molar-refractivity contribution >= 4 is 28.3 Å². The van der Waals surface area contributed by atoms with Crippen molar-refractivity contribution in [3.8, 4) is 0 Å². The molecule has 24 heavy (non-hydrogen) atoms. The van der Waals surface area contributed by atoms with Gasteiger partial charge in [0.1, 0.15) is 0 Å². The van der Waals surface area contributed by atoms with Gasteiger partial charge in [0.2, 0.25) is 5.91 Å². The predicted molar refractivity (Wildman–Crippen MR) is 93.4 cm³/mol. The topological polar surface area (TPSA) is 110 Å². The molecule has 8 nitrogen and oxygen atoms in total. The molecule has 1 amide bonds. The Morgan fingerprint density at radius 2 is 2.21 bits per heavy atom. The van der Waals surface area contributed by atoms with Gasteiger partial charge in [-0.05, 0) is 25.8 Å². The average molecular weight is 380 g/mol. The minimum absolute atomic E-state index is 0. The van der Waals surface area contributed by atoms with Crippen LogP contribution in [0.25, 0.3) is 0 Å². The Hall–Kier alpha value is -1.16. The molecular formula is C14H26ClN5O3S. The number of aromatic nitrogens is 2. The molecule has 1 aliphatic rings. The summed E-state index contributed by atoms with van der Waals surface area (Å²) in [6, 6.07) is 1.30. The van der Waals surface area contributed by atoms with Crippen LogP contribution in [0.3, 0.4) is 0 Å². The van der Waals surface area contributed by atoms with E-state index in [4.69, 9.17) is 5.73 Å². The van der Waals surface area contributed by atoms with E-state index in [-0.39, 0.29) is 42.3 Å². The van der Waals surface area contributed by atoms with E-state index in [2.05, 4.69) is 10.4 Å². The van der Waals surface area contributed by atoms with Gasteiger partial charge in [-0.2, -0.15) is 9.40 Å². The molecule has 0 aromatic carbocycles. The van der Waals surface area contributed by atoms with E-state index >= 15 is 0 Å². The van der Waals surface area contributed by atoms with Crippen LogP contribution in [-0.2, 0) is 21.4 Å². The van der Waals surface area contributed by atoms with Crippen LogP contribution in [0.5, 0.6) is 0 Å². The molecular weight excluding hydrogens is 354 g/mol. The average Bonchev–Trinajstić information content (AvgIpc) is 3.03. The maximum absolute atomic E-state index is 12.9. The van der Waals surface area contributed by atoms with E-state index in [0.717, 1.165) is 19.3 Å². The first-order valence-corrected chi connectivity index (χ1v) is 9.45. The summed E-state index contributed by atoms with van der Waals surface area (Å²) >= 11 is 0. The maximum atomic E-state index is 12.9. The Bertz CT molecular complexity index is 634. The van der Waals surface area contributed by atoms with Gasteiger partial charge in [-0.3, -0.25) is 9.48 Å². The fourth-order valence-electron chi connectivity index (χ4n) is 2.84. The van der Waals surface area contributed by atoms with Crippen molar-refractivity contribution in [2.75, 3.05) is 19.6 Å². The van der Waals surface area contributed by atoms with Crippen molar-refractivity contribution in [1.82, 2.24) is 19.4 Å². The summed E-state index contributed by atoms with van der Waals surface area (Å²) in [4.78, 5) is 11.6. The molecule has 0 aliphatic carbocycles. The first-order chi connectivity index (χ1) is 11.0. The third-order valence-corrected chi connectivity index (χ3v) is 6.00. The lowest BCUT2D eigenvalue weighted by Crippen LogP contribution is -2.49. The number of nitrogens with two attached hydrogens (primary N) is 1. The van der Waals surface area contributed by atoms with E-state index in [1.54, 1.807) is 0 Å². The zero-order valence-corrected chi connectivity index (χ0v) is 15.5. The number of aryl methyl sites for hydroxylation is 1. The second-order valence-electron chi connectivity index (χ2n) is 5.59. The summed E-state index contributed by atoms with van der Waals surface area (Å²) in [7, 11) is -3.61. The maximum Gasteiger partial charge on any atom is 0.260 e. The number of nitrogens with one attached hydrogen (secondary N) is 1. The van der Waals surface area contributed by atoms with Crippen molar-refractivity contribution in [3.63, 3.8) is 0 Å². The molecule has 1 unspecified atom stereocenters. The summed E-state index contributed by atoms with van der Waals surface area (Å²) in [5, 5.41) is 7.04. The molecule has 2 rings (SSSR count). The molecule has 0 saturated carbocycles. The highest BCUT2D eigenvalue weighted by Gasteiger charge is 2.35. The van der Waals surface area contributed by atoms with E-state index in [1.165, 1.54) is 21.3 Å². The van der Waals surface area contributed by atoms with Crippen LogP contribution < -0.4 is 11.1 Å². The van der Waals surface area contributed by atoms with E-state index in [9.17, 15) is 13.2 Å². The Morgan fingerprint density at radius 1 is 1.46 bits per heavy atom. The summed E-state index contributed by atoms with van der Waals surface area (Å²) in [5.74, 6) is -0.144. The first-order valence-electron chi connectivity index (χ1n) is 8.01. The largest absolute Gasteiger partial charge is 0.354 e. The SMILES string of the molecule is CCn1nccc1S(=O)(=O)N1CCCCC1CNC(=O)CCN.Cl. The number of hydrogen-bond donors (Lipinski definition) is 2. The highest BCUT2D eigenvalue weighted by Crippen LogP contribution is 2.25. The number of sulfonamides is 1. The van der Waals surface area contributed by atoms with Gasteiger partial charge in [-0.25, -0.2) is 8.42 Å². The Balaban J connectivity index is 0.00000288. The lowest BCUT2D eigenvalue weighted by Gasteiger charge is -2.34. The standard InChI is InChI=1S/C14H25N5O3S.ClH/c1-2-18-14(7-9-17-18)23(21,22)19-10-4-3-5-12(19)11-16-13(20)6-8-15;/h7,9,12H,2-6,8,10-11,15H2,1H3,(H,16,20);1H. The van der Waals surface area contributed by atoms with Crippen LogP contribution >= 0.6 is 12.4 Å². The van der Waals surface area contributed by atoms with Crippen molar-refractivity contribution < 1.29 is 13.2 Å². The van der Waals surface area contributed by atoms with Crippen LogP contribution in [0, 0.1) is 0 Å². The number of carbonyl (C=O) groups excluding carboxylic acids is 1. The summed E-state index contributed by atoms with van der Waals surface area (Å²) in [5.41, 5.74) is 5.35. The quantitative estimate of drug-likeness (QED) is 0.709. The molecule has 0 radical (unpaired) electrons. The van der Waals surface area contributed by atoms with Crippen molar-refractivity contribution in [2.24, 2.45) is 5.73 Å². The molecule has 1 fully saturated rings. The third kappa shape index (κ3) is 4.69. The Morgan fingerprint density at radius 3 is 2.88 bits per heavy atom. The molecule has 0 bridgehead atoms.